The molecule has 0 spiro atoms. The summed E-state index contributed by atoms with van der Waals surface area (Å²) in [5, 5.41) is 0. The van der Waals surface area contributed by atoms with Gasteiger partial charge in [-0.15, -0.1) is 0 Å². The summed E-state index contributed by atoms with van der Waals surface area (Å²) in [6, 6.07) is 7.07. The van der Waals surface area contributed by atoms with Crippen molar-refractivity contribution in [3.05, 3.63) is 35.4 Å². The third-order valence-electron chi connectivity index (χ3n) is 2.56. The van der Waals surface area contributed by atoms with E-state index in [1.54, 1.807) is 0 Å². The van der Waals surface area contributed by atoms with E-state index in [1.165, 1.54) is 0 Å². The minimum absolute atomic E-state index is 0.184. The van der Waals surface area contributed by atoms with Gasteiger partial charge in [-0.2, -0.15) is 8.78 Å². The highest BCUT2D eigenvalue weighted by atomic mass is 19.3. The van der Waals surface area contributed by atoms with E-state index < -0.39 is 25.0 Å². The Morgan fingerprint density at radius 2 is 1.79 bits per heavy atom. The Balaban J connectivity index is 2.32. The molecule has 0 bridgehead atoms. The molecule has 0 heterocycles. The van der Waals surface area contributed by atoms with Gasteiger partial charge in [0.2, 0.25) is 0 Å². The largest absolute Gasteiger partial charge is 0.373 e. The van der Waals surface area contributed by atoms with Gasteiger partial charge < -0.3 is 10.5 Å². The van der Waals surface area contributed by atoms with E-state index in [9.17, 15) is 17.6 Å². The molecule has 2 N–H and O–H groups in total. The molecule has 0 aliphatic carbocycles. The molecule has 0 fully saturated rings. The molecule has 2 nitrogen and oxygen atoms in total. The number of ether oxygens (including phenoxy) is 1. The quantitative estimate of drug-likeness (QED) is 0.779. The monoisotopic (exact) mass is 279 g/mol. The van der Waals surface area contributed by atoms with Crippen molar-refractivity contribution < 1.29 is 22.3 Å². The van der Waals surface area contributed by atoms with Crippen LogP contribution in [0.1, 0.15) is 11.1 Å². The van der Waals surface area contributed by atoms with Crippen LogP contribution in [0.3, 0.4) is 0 Å². The van der Waals surface area contributed by atoms with E-state index in [0.29, 0.717) is 6.42 Å². The molecule has 0 aliphatic heterocycles. The van der Waals surface area contributed by atoms with Crippen LogP contribution < -0.4 is 5.73 Å². The highest BCUT2D eigenvalue weighted by molar-refractivity contribution is 5.21. The van der Waals surface area contributed by atoms with E-state index >= 15 is 0 Å². The molecule has 1 aromatic rings. The number of aryl methyl sites for hydroxylation is 1. The van der Waals surface area contributed by atoms with Crippen LogP contribution in [0.15, 0.2) is 24.3 Å². The van der Waals surface area contributed by atoms with Crippen LogP contribution in [0.4, 0.5) is 17.6 Å². The molecule has 0 radical (unpaired) electrons. The lowest BCUT2D eigenvalue weighted by molar-refractivity contribution is -0.166. The number of alkyl halides is 4. The average Bonchev–Trinajstić information content (AvgIpc) is 2.31. The van der Waals surface area contributed by atoms with Gasteiger partial charge in [0.15, 0.2) is 0 Å². The predicted octanol–water partition coefficient (Wildman–Crippen LogP) is 2.78. The molecule has 0 aromatic heterocycles. The molecular weight excluding hydrogens is 262 g/mol. The fourth-order valence-corrected chi connectivity index (χ4v) is 1.50. The van der Waals surface area contributed by atoms with Gasteiger partial charge in [0.1, 0.15) is 6.61 Å². The Morgan fingerprint density at radius 3 is 2.32 bits per heavy atom. The van der Waals surface area contributed by atoms with Crippen molar-refractivity contribution in [1.29, 1.82) is 0 Å². The summed E-state index contributed by atoms with van der Waals surface area (Å²) >= 11 is 0. The summed E-state index contributed by atoms with van der Waals surface area (Å²) in [5.74, 6) is -4.12. The Hall–Kier alpha value is -1.14. The van der Waals surface area contributed by atoms with Gasteiger partial charge in [0, 0.05) is 6.04 Å². The lowest BCUT2D eigenvalue weighted by atomic mass is 10.1. The predicted molar refractivity (Wildman–Crippen MR) is 64.6 cm³/mol. The maximum Gasteiger partial charge on any atom is 0.330 e. The van der Waals surface area contributed by atoms with Crippen molar-refractivity contribution in [1.82, 2.24) is 0 Å². The minimum atomic E-state index is -4.12. The van der Waals surface area contributed by atoms with Crippen molar-refractivity contribution in [2.75, 3.05) is 13.2 Å². The van der Waals surface area contributed by atoms with Gasteiger partial charge >= 0.3 is 12.3 Å². The number of halogens is 4. The van der Waals surface area contributed by atoms with Crippen molar-refractivity contribution in [3.63, 3.8) is 0 Å². The van der Waals surface area contributed by atoms with E-state index in [4.69, 9.17) is 5.73 Å². The number of hydrogen-bond acceptors (Lipinski definition) is 2. The molecule has 19 heavy (non-hydrogen) atoms. The summed E-state index contributed by atoms with van der Waals surface area (Å²) in [5.41, 5.74) is 7.74. The standard InChI is InChI=1S/C13H17F4NO/c1-9-2-4-10(5-3-9)6-11(18)7-19-8-13(16,17)12(14)15/h2-5,11-12H,6-8,18H2,1H3. The lowest BCUT2D eigenvalue weighted by Gasteiger charge is -2.17. The van der Waals surface area contributed by atoms with Gasteiger partial charge in [0.25, 0.3) is 0 Å². The summed E-state index contributed by atoms with van der Waals surface area (Å²) in [7, 11) is 0. The highest BCUT2D eigenvalue weighted by Gasteiger charge is 2.40. The van der Waals surface area contributed by atoms with Gasteiger partial charge in [-0.3, -0.25) is 0 Å². The molecule has 108 valence electrons. The number of rotatable bonds is 7. The first-order valence-corrected chi connectivity index (χ1v) is 5.86. The average molecular weight is 279 g/mol. The first-order valence-electron chi connectivity index (χ1n) is 5.86. The number of benzene rings is 1. The maximum atomic E-state index is 12.6. The Labute approximate surface area is 109 Å². The van der Waals surface area contributed by atoms with E-state index in [0.717, 1.165) is 11.1 Å². The van der Waals surface area contributed by atoms with Crippen molar-refractivity contribution in [3.8, 4) is 0 Å². The fraction of sp³-hybridized carbons (Fsp3) is 0.538. The summed E-state index contributed by atoms with van der Waals surface area (Å²) in [4.78, 5) is 0. The fourth-order valence-electron chi connectivity index (χ4n) is 1.50. The lowest BCUT2D eigenvalue weighted by Crippen LogP contribution is -2.36. The normalized spacial score (nSPS) is 13.8. The summed E-state index contributed by atoms with van der Waals surface area (Å²) < 4.78 is 53.4. The van der Waals surface area contributed by atoms with Crippen LogP contribution in [0.25, 0.3) is 0 Å². The van der Waals surface area contributed by atoms with Crippen molar-refractivity contribution in [2.24, 2.45) is 5.73 Å². The second-order valence-electron chi connectivity index (χ2n) is 4.53. The van der Waals surface area contributed by atoms with Crippen LogP contribution >= 0.6 is 0 Å². The molecule has 6 heteroatoms. The van der Waals surface area contributed by atoms with Gasteiger partial charge in [-0.1, -0.05) is 29.8 Å². The SMILES string of the molecule is Cc1ccc(CC(N)COCC(F)(F)C(F)F)cc1. The zero-order valence-electron chi connectivity index (χ0n) is 10.6. The van der Waals surface area contributed by atoms with Crippen LogP contribution in [0, 0.1) is 6.92 Å². The molecular formula is C13H17F4NO. The van der Waals surface area contributed by atoms with Crippen molar-refractivity contribution >= 4 is 0 Å². The Kier molecular flexibility index (Phi) is 5.75. The number of nitrogens with two attached hydrogens (primary N) is 1. The molecule has 1 aromatic carbocycles. The second-order valence-corrected chi connectivity index (χ2v) is 4.53. The minimum Gasteiger partial charge on any atom is -0.373 e. The van der Waals surface area contributed by atoms with Crippen LogP contribution in [-0.4, -0.2) is 31.6 Å². The third-order valence-corrected chi connectivity index (χ3v) is 2.56. The van der Waals surface area contributed by atoms with Gasteiger partial charge in [0.05, 0.1) is 6.61 Å². The first kappa shape index (κ1) is 15.9. The van der Waals surface area contributed by atoms with Gasteiger partial charge in [-0.25, -0.2) is 8.78 Å². The Bertz CT molecular complexity index is 381. The first-order chi connectivity index (χ1) is 8.81. The third kappa shape index (κ3) is 5.57. The zero-order valence-corrected chi connectivity index (χ0v) is 10.6. The maximum absolute atomic E-state index is 12.6. The van der Waals surface area contributed by atoms with Crippen LogP contribution in [0.5, 0.6) is 0 Å². The Morgan fingerprint density at radius 1 is 1.21 bits per heavy atom. The summed E-state index contributed by atoms with van der Waals surface area (Å²) in [6.45, 7) is 0.446. The van der Waals surface area contributed by atoms with Crippen LogP contribution in [-0.2, 0) is 11.2 Å². The van der Waals surface area contributed by atoms with Crippen molar-refractivity contribution in [2.45, 2.75) is 31.7 Å². The van der Waals surface area contributed by atoms with E-state index in [1.807, 2.05) is 31.2 Å². The second kappa shape index (κ2) is 6.86. The number of hydrogen-bond donors (Lipinski definition) is 1. The molecule has 0 saturated carbocycles. The molecule has 1 rings (SSSR count). The molecule has 0 aliphatic rings. The molecule has 0 amide bonds. The molecule has 1 atom stereocenters. The van der Waals surface area contributed by atoms with Crippen LogP contribution in [0.2, 0.25) is 0 Å². The molecule has 1 unspecified atom stereocenters. The molecule has 0 saturated heterocycles. The van der Waals surface area contributed by atoms with E-state index in [2.05, 4.69) is 4.74 Å². The smallest absolute Gasteiger partial charge is 0.330 e. The summed E-state index contributed by atoms with van der Waals surface area (Å²) in [6.07, 6.45) is -3.28. The van der Waals surface area contributed by atoms with E-state index in [-0.39, 0.29) is 6.61 Å². The topological polar surface area (TPSA) is 35.2 Å². The van der Waals surface area contributed by atoms with Gasteiger partial charge in [-0.05, 0) is 18.9 Å². The highest BCUT2D eigenvalue weighted by Crippen LogP contribution is 2.22. The zero-order chi connectivity index (χ0) is 14.5.